The van der Waals surface area contributed by atoms with Crippen molar-refractivity contribution in [1.29, 1.82) is 0 Å². The SMILES string of the molecule is CC(C(=O)O)N(C)C(=O)N1CCN(C2CC2)CC1. The van der Waals surface area contributed by atoms with Gasteiger partial charge in [-0.3, -0.25) is 4.90 Å². The van der Waals surface area contributed by atoms with E-state index in [2.05, 4.69) is 4.90 Å². The largest absolute Gasteiger partial charge is 0.480 e. The number of rotatable bonds is 3. The van der Waals surface area contributed by atoms with Crippen molar-refractivity contribution in [1.82, 2.24) is 14.7 Å². The van der Waals surface area contributed by atoms with E-state index in [4.69, 9.17) is 5.11 Å². The molecule has 6 heteroatoms. The molecule has 0 aromatic rings. The molecule has 0 aromatic heterocycles. The molecule has 1 saturated carbocycles. The predicted octanol–water partition coefficient (Wildman–Crippen LogP) is 0.291. The normalized spacial score (nSPS) is 22.7. The molecule has 0 aromatic carbocycles. The van der Waals surface area contributed by atoms with Crippen molar-refractivity contribution in [2.24, 2.45) is 0 Å². The molecule has 1 heterocycles. The number of piperazine rings is 1. The molecule has 102 valence electrons. The smallest absolute Gasteiger partial charge is 0.326 e. The van der Waals surface area contributed by atoms with Gasteiger partial charge < -0.3 is 14.9 Å². The Labute approximate surface area is 107 Å². The third-order valence-electron chi connectivity index (χ3n) is 3.89. The summed E-state index contributed by atoms with van der Waals surface area (Å²) in [5.41, 5.74) is 0. The quantitative estimate of drug-likeness (QED) is 0.787. The molecular formula is C12H21N3O3. The summed E-state index contributed by atoms with van der Waals surface area (Å²) in [6, 6.07) is -0.225. The lowest BCUT2D eigenvalue weighted by atomic mass is 10.3. The lowest BCUT2D eigenvalue weighted by Crippen LogP contribution is -2.54. The molecule has 1 aliphatic carbocycles. The van der Waals surface area contributed by atoms with Gasteiger partial charge in [-0.05, 0) is 19.8 Å². The Kier molecular flexibility index (Phi) is 3.75. The lowest BCUT2D eigenvalue weighted by molar-refractivity contribution is -0.141. The van der Waals surface area contributed by atoms with Crippen LogP contribution in [0.4, 0.5) is 4.79 Å². The highest BCUT2D eigenvalue weighted by Gasteiger charge is 2.33. The summed E-state index contributed by atoms with van der Waals surface area (Å²) in [5.74, 6) is -0.970. The average molecular weight is 255 g/mol. The number of carbonyl (C=O) groups excluding carboxylic acids is 1. The highest BCUT2D eigenvalue weighted by Crippen LogP contribution is 2.27. The van der Waals surface area contributed by atoms with Gasteiger partial charge in [0.15, 0.2) is 0 Å². The van der Waals surface area contributed by atoms with Crippen molar-refractivity contribution in [3.05, 3.63) is 0 Å². The monoisotopic (exact) mass is 255 g/mol. The second kappa shape index (κ2) is 5.14. The zero-order chi connectivity index (χ0) is 13.3. The fraction of sp³-hybridized carbons (Fsp3) is 0.833. The van der Waals surface area contributed by atoms with E-state index in [0.717, 1.165) is 19.1 Å². The van der Waals surface area contributed by atoms with Gasteiger partial charge in [-0.1, -0.05) is 0 Å². The highest BCUT2D eigenvalue weighted by atomic mass is 16.4. The minimum absolute atomic E-state index is 0.180. The Morgan fingerprint density at radius 1 is 1.22 bits per heavy atom. The number of hydrogen-bond donors (Lipinski definition) is 1. The minimum atomic E-state index is -0.970. The maximum atomic E-state index is 12.1. The van der Waals surface area contributed by atoms with Crippen molar-refractivity contribution in [3.8, 4) is 0 Å². The van der Waals surface area contributed by atoms with Gasteiger partial charge in [0, 0.05) is 39.3 Å². The third-order valence-corrected chi connectivity index (χ3v) is 3.89. The Bertz CT molecular complexity index is 335. The van der Waals surface area contributed by atoms with Crippen molar-refractivity contribution < 1.29 is 14.7 Å². The average Bonchev–Trinajstić information content (AvgIpc) is 3.20. The van der Waals surface area contributed by atoms with E-state index in [9.17, 15) is 9.59 Å². The standard InChI is InChI=1S/C12H21N3O3/c1-9(11(16)17)13(2)12(18)15-7-5-14(6-8-15)10-3-4-10/h9-10H,3-8H2,1-2H3,(H,16,17). The van der Waals surface area contributed by atoms with Gasteiger partial charge in [0.2, 0.25) is 0 Å². The van der Waals surface area contributed by atoms with Gasteiger partial charge in [0.1, 0.15) is 6.04 Å². The molecular weight excluding hydrogens is 234 g/mol. The van der Waals surface area contributed by atoms with Gasteiger partial charge >= 0.3 is 12.0 Å². The first-order valence-corrected chi connectivity index (χ1v) is 6.49. The molecule has 1 N–H and O–H groups in total. The van der Waals surface area contributed by atoms with Crippen LogP contribution in [0, 0.1) is 0 Å². The molecule has 2 rings (SSSR count). The topological polar surface area (TPSA) is 64.1 Å². The molecule has 1 aliphatic heterocycles. The van der Waals surface area contributed by atoms with Crippen LogP contribution in [0.3, 0.4) is 0 Å². The Morgan fingerprint density at radius 3 is 2.22 bits per heavy atom. The number of carboxylic acid groups (broad SMARTS) is 1. The van der Waals surface area contributed by atoms with E-state index in [1.807, 2.05) is 0 Å². The van der Waals surface area contributed by atoms with Crippen molar-refractivity contribution >= 4 is 12.0 Å². The Balaban J connectivity index is 1.84. The maximum Gasteiger partial charge on any atom is 0.326 e. The molecule has 1 atom stereocenters. The first-order valence-electron chi connectivity index (χ1n) is 6.49. The van der Waals surface area contributed by atoms with E-state index >= 15 is 0 Å². The number of aliphatic carboxylic acids is 1. The van der Waals surface area contributed by atoms with Crippen LogP contribution in [0.25, 0.3) is 0 Å². The van der Waals surface area contributed by atoms with Crippen LogP contribution in [0.2, 0.25) is 0 Å². The number of urea groups is 1. The highest BCUT2D eigenvalue weighted by molar-refractivity contribution is 5.82. The molecule has 0 bridgehead atoms. The number of nitrogens with zero attached hydrogens (tertiary/aromatic N) is 3. The summed E-state index contributed by atoms with van der Waals surface area (Å²) in [7, 11) is 1.55. The lowest BCUT2D eigenvalue weighted by Gasteiger charge is -2.37. The van der Waals surface area contributed by atoms with E-state index in [1.165, 1.54) is 24.7 Å². The number of likely N-dealkylation sites (N-methyl/N-ethyl adjacent to an activating group) is 1. The molecule has 1 saturated heterocycles. The van der Waals surface area contributed by atoms with Crippen molar-refractivity contribution in [2.45, 2.75) is 31.8 Å². The second-order valence-electron chi connectivity index (χ2n) is 5.16. The molecule has 2 fully saturated rings. The van der Waals surface area contributed by atoms with Gasteiger partial charge in [-0.2, -0.15) is 0 Å². The van der Waals surface area contributed by atoms with Crippen LogP contribution >= 0.6 is 0 Å². The van der Waals surface area contributed by atoms with Gasteiger partial charge in [0.25, 0.3) is 0 Å². The van der Waals surface area contributed by atoms with Crippen molar-refractivity contribution in [2.75, 3.05) is 33.2 Å². The van der Waals surface area contributed by atoms with Gasteiger partial charge in [-0.25, -0.2) is 9.59 Å². The maximum absolute atomic E-state index is 12.1. The van der Waals surface area contributed by atoms with Crippen molar-refractivity contribution in [3.63, 3.8) is 0 Å². The summed E-state index contributed by atoms with van der Waals surface area (Å²) in [6.45, 7) is 4.75. The first kappa shape index (κ1) is 13.1. The summed E-state index contributed by atoms with van der Waals surface area (Å²) >= 11 is 0. The molecule has 18 heavy (non-hydrogen) atoms. The van der Waals surface area contributed by atoms with E-state index in [0.29, 0.717) is 13.1 Å². The number of amides is 2. The molecule has 0 spiro atoms. The van der Waals surface area contributed by atoms with Gasteiger partial charge in [0.05, 0.1) is 0 Å². The molecule has 2 amide bonds. The number of hydrogen-bond acceptors (Lipinski definition) is 3. The van der Waals surface area contributed by atoms with Gasteiger partial charge in [-0.15, -0.1) is 0 Å². The zero-order valence-electron chi connectivity index (χ0n) is 11.0. The Morgan fingerprint density at radius 2 is 1.78 bits per heavy atom. The van der Waals surface area contributed by atoms with Crippen LogP contribution < -0.4 is 0 Å². The number of carbonyl (C=O) groups is 2. The fourth-order valence-electron chi connectivity index (χ4n) is 2.27. The summed E-state index contributed by atoms with van der Waals surface area (Å²) < 4.78 is 0. The van der Waals surface area contributed by atoms with Crippen LogP contribution in [0.1, 0.15) is 19.8 Å². The summed E-state index contributed by atoms with van der Waals surface area (Å²) in [4.78, 5) is 28.4. The molecule has 0 radical (unpaired) electrons. The fourth-order valence-corrected chi connectivity index (χ4v) is 2.27. The summed E-state index contributed by atoms with van der Waals surface area (Å²) in [6.07, 6.45) is 2.56. The van der Waals surface area contributed by atoms with E-state index < -0.39 is 12.0 Å². The van der Waals surface area contributed by atoms with Crippen LogP contribution in [0.15, 0.2) is 0 Å². The number of carboxylic acids is 1. The van der Waals surface area contributed by atoms with Crippen LogP contribution in [0.5, 0.6) is 0 Å². The van der Waals surface area contributed by atoms with Crippen LogP contribution in [-0.4, -0.2) is 77.1 Å². The third kappa shape index (κ3) is 2.75. The first-order chi connectivity index (χ1) is 8.50. The van der Waals surface area contributed by atoms with E-state index in [1.54, 1.807) is 11.9 Å². The minimum Gasteiger partial charge on any atom is -0.480 e. The zero-order valence-corrected chi connectivity index (χ0v) is 11.0. The molecule has 6 nitrogen and oxygen atoms in total. The van der Waals surface area contributed by atoms with Crippen LogP contribution in [-0.2, 0) is 4.79 Å². The second-order valence-corrected chi connectivity index (χ2v) is 5.16. The molecule has 2 aliphatic rings. The Hall–Kier alpha value is -1.30. The summed E-state index contributed by atoms with van der Waals surface area (Å²) in [5, 5.41) is 8.90. The van der Waals surface area contributed by atoms with E-state index in [-0.39, 0.29) is 6.03 Å². The predicted molar refractivity (Wildman–Crippen MR) is 66.4 cm³/mol. The molecule has 1 unspecified atom stereocenters.